The zero-order valence-corrected chi connectivity index (χ0v) is 6.74. The van der Waals surface area contributed by atoms with Crippen LogP contribution in [0.1, 0.15) is 25.7 Å². The van der Waals surface area contributed by atoms with Crippen molar-refractivity contribution in [1.29, 1.82) is 0 Å². The van der Waals surface area contributed by atoms with E-state index in [1.165, 1.54) is 6.08 Å². The zero-order valence-electron chi connectivity index (χ0n) is 6.74. The van der Waals surface area contributed by atoms with E-state index in [9.17, 15) is 10.2 Å². The van der Waals surface area contributed by atoms with Gasteiger partial charge in [0.05, 0.1) is 12.2 Å². The molecule has 2 nitrogen and oxygen atoms in total. The van der Waals surface area contributed by atoms with E-state index in [2.05, 4.69) is 6.58 Å². The van der Waals surface area contributed by atoms with Crippen molar-refractivity contribution in [3.8, 4) is 0 Å². The first kappa shape index (κ1) is 8.75. The summed E-state index contributed by atoms with van der Waals surface area (Å²) in [7, 11) is 0. The maximum Gasteiger partial charge on any atom is 0.0771 e. The lowest BCUT2D eigenvalue weighted by molar-refractivity contribution is 0.00787. The van der Waals surface area contributed by atoms with Gasteiger partial charge in [0.2, 0.25) is 0 Å². The maximum absolute atomic E-state index is 9.46. The van der Waals surface area contributed by atoms with E-state index in [0.29, 0.717) is 0 Å². The minimum atomic E-state index is -0.523. The highest BCUT2D eigenvalue weighted by molar-refractivity contribution is 4.89. The molecule has 0 aromatic rings. The van der Waals surface area contributed by atoms with Gasteiger partial charge in [-0.25, -0.2) is 0 Å². The van der Waals surface area contributed by atoms with E-state index in [0.717, 1.165) is 25.7 Å². The molecule has 1 fully saturated rings. The second-order valence-electron chi connectivity index (χ2n) is 3.24. The third kappa shape index (κ3) is 2.04. The van der Waals surface area contributed by atoms with Gasteiger partial charge in [-0.05, 0) is 12.8 Å². The van der Waals surface area contributed by atoms with Crippen molar-refractivity contribution in [2.45, 2.75) is 37.9 Å². The first-order valence-corrected chi connectivity index (χ1v) is 4.24. The Labute approximate surface area is 67.6 Å². The molecule has 0 bridgehead atoms. The molecule has 0 radical (unpaired) electrons. The molecule has 2 heteroatoms. The Balaban J connectivity index is 2.46. The highest BCUT2D eigenvalue weighted by atomic mass is 16.3. The smallest absolute Gasteiger partial charge is 0.0771 e. The summed E-state index contributed by atoms with van der Waals surface area (Å²) in [6.07, 6.45) is 4.62. The van der Waals surface area contributed by atoms with Crippen molar-refractivity contribution in [3.05, 3.63) is 12.7 Å². The third-order valence-corrected chi connectivity index (χ3v) is 2.46. The lowest BCUT2D eigenvalue weighted by Crippen LogP contribution is -2.33. The van der Waals surface area contributed by atoms with Gasteiger partial charge in [0.25, 0.3) is 0 Å². The molecule has 0 aromatic heterocycles. The van der Waals surface area contributed by atoms with Gasteiger partial charge >= 0.3 is 0 Å². The summed E-state index contributed by atoms with van der Waals surface area (Å²) in [4.78, 5) is 0. The minimum absolute atomic E-state index is 0.0289. The van der Waals surface area contributed by atoms with Crippen molar-refractivity contribution in [2.24, 2.45) is 5.92 Å². The van der Waals surface area contributed by atoms with E-state index in [1.54, 1.807) is 0 Å². The van der Waals surface area contributed by atoms with Gasteiger partial charge in [-0.1, -0.05) is 18.9 Å². The van der Waals surface area contributed by atoms with Gasteiger partial charge < -0.3 is 10.2 Å². The molecule has 3 atom stereocenters. The summed E-state index contributed by atoms with van der Waals surface area (Å²) < 4.78 is 0. The minimum Gasteiger partial charge on any atom is -0.393 e. The molecule has 64 valence electrons. The predicted molar refractivity (Wildman–Crippen MR) is 44.2 cm³/mol. The molecular formula is C9H16O2. The molecule has 0 aromatic carbocycles. The predicted octanol–water partition coefficient (Wildman–Crippen LogP) is 1.08. The first-order valence-electron chi connectivity index (χ1n) is 4.24. The molecule has 1 saturated carbocycles. The summed E-state index contributed by atoms with van der Waals surface area (Å²) in [5, 5.41) is 18.8. The molecular weight excluding hydrogens is 140 g/mol. The van der Waals surface area contributed by atoms with Gasteiger partial charge in [-0.3, -0.25) is 0 Å². The highest BCUT2D eigenvalue weighted by Gasteiger charge is 2.27. The quantitative estimate of drug-likeness (QED) is 0.587. The second kappa shape index (κ2) is 3.88. The molecule has 0 saturated heterocycles. The molecule has 1 rings (SSSR count). The van der Waals surface area contributed by atoms with Crippen molar-refractivity contribution in [1.82, 2.24) is 0 Å². The normalized spacial score (nSPS) is 34.7. The van der Waals surface area contributed by atoms with Gasteiger partial charge in [0.15, 0.2) is 0 Å². The number of aliphatic hydroxyl groups excluding tert-OH is 2. The molecule has 2 N–H and O–H groups in total. The van der Waals surface area contributed by atoms with Crippen LogP contribution in [0.15, 0.2) is 12.7 Å². The van der Waals surface area contributed by atoms with E-state index in [1.807, 2.05) is 0 Å². The van der Waals surface area contributed by atoms with Crippen molar-refractivity contribution in [2.75, 3.05) is 0 Å². The van der Waals surface area contributed by atoms with Crippen molar-refractivity contribution in [3.63, 3.8) is 0 Å². The van der Waals surface area contributed by atoms with Crippen LogP contribution in [-0.2, 0) is 0 Å². The highest BCUT2D eigenvalue weighted by Crippen LogP contribution is 2.27. The fraction of sp³-hybridized carbons (Fsp3) is 0.778. The molecule has 0 heterocycles. The van der Waals surface area contributed by atoms with E-state index >= 15 is 0 Å². The fourth-order valence-corrected chi connectivity index (χ4v) is 1.71. The summed E-state index contributed by atoms with van der Waals surface area (Å²) in [5.41, 5.74) is 0. The van der Waals surface area contributed by atoms with E-state index in [4.69, 9.17) is 0 Å². The van der Waals surface area contributed by atoms with Crippen LogP contribution in [0.5, 0.6) is 0 Å². The van der Waals surface area contributed by atoms with Crippen LogP contribution in [0.3, 0.4) is 0 Å². The van der Waals surface area contributed by atoms with Crippen LogP contribution in [0.4, 0.5) is 0 Å². The monoisotopic (exact) mass is 156 g/mol. The van der Waals surface area contributed by atoms with Crippen LogP contribution in [0.25, 0.3) is 0 Å². The summed E-state index contributed by atoms with van der Waals surface area (Å²) in [6, 6.07) is 0. The lowest BCUT2D eigenvalue weighted by atomic mass is 9.83. The molecule has 1 aliphatic carbocycles. The molecule has 3 unspecified atom stereocenters. The largest absolute Gasteiger partial charge is 0.393 e. The van der Waals surface area contributed by atoms with Crippen LogP contribution < -0.4 is 0 Å². The van der Waals surface area contributed by atoms with E-state index in [-0.39, 0.29) is 12.0 Å². The topological polar surface area (TPSA) is 40.5 Å². The molecule has 1 aliphatic rings. The zero-order chi connectivity index (χ0) is 8.27. The Kier molecular flexibility index (Phi) is 3.09. The Morgan fingerprint density at radius 1 is 1.36 bits per heavy atom. The maximum atomic E-state index is 9.46. The summed E-state index contributed by atoms with van der Waals surface area (Å²) >= 11 is 0. The van der Waals surface area contributed by atoms with Gasteiger partial charge in [-0.15, -0.1) is 6.58 Å². The third-order valence-electron chi connectivity index (χ3n) is 2.46. The van der Waals surface area contributed by atoms with Gasteiger partial charge in [-0.2, -0.15) is 0 Å². The molecule has 11 heavy (non-hydrogen) atoms. The van der Waals surface area contributed by atoms with Crippen LogP contribution >= 0.6 is 0 Å². The number of aliphatic hydroxyl groups is 2. The molecule has 0 amide bonds. The summed E-state index contributed by atoms with van der Waals surface area (Å²) in [5.74, 6) is 0.0289. The first-order chi connectivity index (χ1) is 5.25. The van der Waals surface area contributed by atoms with Crippen LogP contribution in [-0.4, -0.2) is 22.4 Å². The Morgan fingerprint density at radius 2 is 2.00 bits per heavy atom. The Hall–Kier alpha value is -0.340. The average Bonchev–Trinajstić information content (AvgIpc) is 2.04. The Morgan fingerprint density at radius 3 is 2.55 bits per heavy atom. The fourth-order valence-electron chi connectivity index (χ4n) is 1.71. The van der Waals surface area contributed by atoms with Gasteiger partial charge in [0.1, 0.15) is 0 Å². The van der Waals surface area contributed by atoms with Crippen LogP contribution in [0.2, 0.25) is 0 Å². The van der Waals surface area contributed by atoms with Crippen molar-refractivity contribution >= 4 is 0 Å². The molecule has 0 spiro atoms. The van der Waals surface area contributed by atoms with Crippen LogP contribution in [0, 0.1) is 5.92 Å². The lowest BCUT2D eigenvalue weighted by Gasteiger charge is -2.29. The summed E-state index contributed by atoms with van der Waals surface area (Å²) in [6.45, 7) is 3.51. The van der Waals surface area contributed by atoms with Crippen molar-refractivity contribution < 1.29 is 10.2 Å². The number of rotatable bonds is 2. The van der Waals surface area contributed by atoms with Gasteiger partial charge in [0, 0.05) is 5.92 Å². The number of hydrogen-bond acceptors (Lipinski definition) is 2. The average molecular weight is 156 g/mol. The SMILES string of the molecule is C=CC(O)C1CCCCC1O. The number of hydrogen-bond donors (Lipinski definition) is 2. The second-order valence-corrected chi connectivity index (χ2v) is 3.24. The standard InChI is InChI=1S/C9H16O2/c1-2-8(10)7-5-3-4-6-9(7)11/h2,7-11H,1,3-6H2. The Bertz CT molecular complexity index is 134. The van der Waals surface area contributed by atoms with E-state index < -0.39 is 6.10 Å². The molecule has 0 aliphatic heterocycles.